The van der Waals surface area contributed by atoms with Crippen LogP contribution in [-0.2, 0) is 4.79 Å². The van der Waals surface area contributed by atoms with Crippen LogP contribution in [0, 0.1) is 19.3 Å². The molecule has 0 radical (unpaired) electrons. The molecule has 0 bridgehead atoms. The third-order valence-corrected chi connectivity index (χ3v) is 2.46. The largest absolute Gasteiger partial charge is 0.492 e. The Balaban J connectivity index is 2.71. The number of carbonyl (C=O) groups excluding carboxylic acids is 1. The van der Waals surface area contributed by atoms with E-state index in [-0.39, 0.29) is 5.91 Å². The van der Waals surface area contributed by atoms with Gasteiger partial charge in [0, 0.05) is 0 Å². The quantitative estimate of drug-likeness (QED) is 0.847. The molecule has 1 aromatic carbocycles. The average molecular weight is 221 g/mol. The molecule has 1 aromatic rings. The number of carbonyl (C=O) groups is 1. The molecule has 3 heteroatoms. The molecule has 0 aliphatic rings. The van der Waals surface area contributed by atoms with Crippen LogP contribution >= 0.6 is 0 Å². The van der Waals surface area contributed by atoms with Crippen LogP contribution in [0.5, 0.6) is 5.75 Å². The van der Waals surface area contributed by atoms with E-state index in [0.29, 0.717) is 6.61 Å². The van der Waals surface area contributed by atoms with Crippen LogP contribution in [-0.4, -0.2) is 12.5 Å². The molecule has 2 N–H and O–H groups in total. The molecule has 0 unspecified atom stereocenters. The molecule has 3 nitrogen and oxygen atoms in total. The van der Waals surface area contributed by atoms with Crippen molar-refractivity contribution in [2.75, 3.05) is 6.61 Å². The molecule has 0 spiro atoms. The van der Waals surface area contributed by atoms with Crippen molar-refractivity contribution in [2.24, 2.45) is 11.1 Å². The van der Waals surface area contributed by atoms with Crippen LogP contribution in [0.2, 0.25) is 0 Å². The van der Waals surface area contributed by atoms with E-state index in [1.165, 1.54) is 0 Å². The smallest absolute Gasteiger partial charge is 0.226 e. The molecule has 16 heavy (non-hydrogen) atoms. The maximum atomic E-state index is 11.1. The number of benzene rings is 1. The zero-order valence-electron chi connectivity index (χ0n) is 10.3. The van der Waals surface area contributed by atoms with E-state index in [1.807, 2.05) is 26.0 Å². The maximum absolute atomic E-state index is 11.1. The van der Waals surface area contributed by atoms with Crippen LogP contribution in [0.15, 0.2) is 18.2 Å². The molecule has 1 rings (SSSR count). The van der Waals surface area contributed by atoms with Gasteiger partial charge in [0.05, 0.1) is 5.41 Å². The molecule has 0 heterocycles. The van der Waals surface area contributed by atoms with Crippen LogP contribution < -0.4 is 10.5 Å². The molecule has 0 aromatic heterocycles. The van der Waals surface area contributed by atoms with E-state index in [1.54, 1.807) is 13.8 Å². The van der Waals surface area contributed by atoms with Crippen LogP contribution in [0.1, 0.15) is 25.0 Å². The molecule has 0 fully saturated rings. The fourth-order valence-electron chi connectivity index (χ4n) is 1.35. The number of aryl methyl sites for hydroxylation is 2. The second-order valence-corrected chi connectivity index (χ2v) is 4.86. The Morgan fingerprint density at radius 2 is 1.75 bits per heavy atom. The number of amides is 1. The molecule has 1 amide bonds. The van der Waals surface area contributed by atoms with Gasteiger partial charge in [0.15, 0.2) is 0 Å². The highest BCUT2D eigenvalue weighted by Gasteiger charge is 2.25. The maximum Gasteiger partial charge on any atom is 0.226 e. The molecule has 0 saturated heterocycles. The van der Waals surface area contributed by atoms with Crippen molar-refractivity contribution in [1.82, 2.24) is 0 Å². The number of rotatable bonds is 4. The van der Waals surface area contributed by atoms with Gasteiger partial charge in [-0.05, 0) is 51.0 Å². The zero-order chi connectivity index (χ0) is 12.3. The first-order valence-electron chi connectivity index (χ1n) is 5.32. The Hall–Kier alpha value is -1.51. The Morgan fingerprint density at radius 1 is 1.25 bits per heavy atom. The summed E-state index contributed by atoms with van der Waals surface area (Å²) in [5, 5.41) is 0. The van der Waals surface area contributed by atoms with Gasteiger partial charge in [0.2, 0.25) is 5.91 Å². The predicted octanol–water partition coefficient (Wildman–Crippen LogP) is 2.19. The fourth-order valence-corrected chi connectivity index (χ4v) is 1.35. The van der Waals surface area contributed by atoms with Gasteiger partial charge in [-0.25, -0.2) is 0 Å². The Morgan fingerprint density at radius 3 is 2.19 bits per heavy atom. The van der Waals surface area contributed by atoms with Gasteiger partial charge in [-0.3, -0.25) is 4.79 Å². The molecule has 0 atom stereocenters. The van der Waals surface area contributed by atoms with E-state index < -0.39 is 5.41 Å². The third-order valence-electron chi connectivity index (χ3n) is 2.46. The first kappa shape index (κ1) is 12.6. The number of ether oxygens (including phenoxy) is 1. The lowest BCUT2D eigenvalue weighted by Gasteiger charge is -2.21. The summed E-state index contributed by atoms with van der Waals surface area (Å²) in [5.41, 5.74) is 6.92. The van der Waals surface area contributed by atoms with Crippen molar-refractivity contribution in [1.29, 1.82) is 0 Å². The summed E-state index contributed by atoms with van der Waals surface area (Å²) in [6.45, 7) is 7.87. The summed E-state index contributed by atoms with van der Waals surface area (Å²) in [6, 6.07) is 5.97. The third kappa shape index (κ3) is 3.26. The van der Waals surface area contributed by atoms with Crippen molar-refractivity contribution in [3.63, 3.8) is 0 Å². The summed E-state index contributed by atoms with van der Waals surface area (Å²) < 4.78 is 5.59. The number of hydrogen-bond donors (Lipinski definition) is 1. The molecule has 88 valence electrons. The van der Waals surface area contributed by atoms with Crippen molar-refractivity contribution >= 4 is 5.91 Å². The first-order valence-corrected chi connectivity index (χ1v) is 5.32. The van der Waals surface area contributed by atoms with Gasteiger partial charge < -0.3 is 10.5 Å². The highest BCUT2D eigenvalue weighted by Crippen LogP contribution is 2.20. The molecule has 0 saturated carbocycles. The number of primary amides is 1. The van der Waals surface area contributed by atoms with Crippen molar-refractivity contribution in [2.45, 2.75) is 27.7 Å². The zero-order valence-corrected chi connectivity index (χ0v) is 10.3. The van der Waals surface area contributed by atoms with E-state index in [0.717, 1.165) is 16.9 Å². The van der Waals surface area contributed by atoms with E-state index in [4.69, 9.17) is 10.5 Å². The summed E-state index contributed by atoms with van der Waals surface area (Å²) in [4.78, 5) is 11.1. The van der Waals surface area contributed by atoms with Gasteiger partial charge >= 0.3 is 0 Å². The summed E-state index contributed by atoms with van der Waals surface area (Å²) in [6.07, 6.45) is 0. The van der Waals surface area contributed by atoms with Crippen molar-refractivity contribution < 1.29 is 9.53 Å². The minimum Gasteiger partial charge on any atom is -0.492 e. The fraction of sp³-hybridized carbons (Fsp3) is 0.462. The lowest BCUT2D eigenvalue weighted by atomic mass is 9.94. The number of hydrogen-bond acceptors (Lipinski definition) is 2. The first-order chi connectivity index (χ1) is 7.31. The monoisotopic (exact) mass is 221 g/mol. The highest BCUT2D eigenvalue weighted by molar-refractivity contribution is 5.80. The minimum atomic E-state index is -0.641. The lowest BCUT2D eigenvalue weighted by Crippen LogP contribution is -2.36. The van der Waals surface area contributed by atoms with E-state index >= 15 is 0 Å². The SMILES string of the molecule is Cc1cc(C)cc(OCC(C)(C)C(N)=O)c1. The lowest BCUT2D eigenvalue weighted by molar-refractivity contribution is -0.127. The second kappa shape index (κ2) is 4.56. The van der Waals surface area contributed by atoms with Gasteiger partial charge in [0.25, 0.3) is 0 Å². The summed E-state index contributed by atoms with van der Waals surface area (Å²) >= 11 is 0. The van der Waals surface area contributed by atoms with Gasteiger partial charge in [-0.2, -0.15) is 0 Å². The van der Waals surface area contributed by atoms with Gasteiger partial charge in [-0.15, -0.1) is 0 Å². The van der Waals surface area contributed by atoms with Gasteiger partial charge in [0.1, 0.15) is 12.4 Å². The standard InChI is InChI=1S/C13H19NO2/c1-9-5-10(2)7-11(6-9)16-8-13(3,4)12(14)15/h5-7H,8H2,1-4H3,(H2,14,15). The summed E-state index contributed by atoms with van der Waals surface area (Å²) in [7, 11) is 0. The predicted molar refractivity (Wildman–Crippen MR) is 64.4 cm³/mol. The van der Waals surface area contributed by atoms with Crippen molar-refractivity contribution in [3.05, 3.63) is 29.3 Å². The van der Waals surface area contributed by atoms with Gasteiger partial charge in [-0.1, -0.05) is 6.07 Å². The topological polar surface area (TPSA) is 52.3 Å². The molecular weight excluding hydrogens is 202 g/mol. The summed E-state index contributed by atoms with van der Waals surface area (Å²) in [5.74, 6) is 0.434. The Kier molecular flexibility index (Phi) is 3.58. The molecular formula is C13H19NO2. The Labute approximate surface area is 96.6 Å². The van der Waals surface area contributed by atoms with E-state index in [2.05, 4.69) is 6.07 Å². The Bertz CT molecular complexity index is 377. The molecule has 0 aliphatic carbocycles. The highest BCUT2D eigenvalue weighted by atomic mass is 16.5. The van der Waals surface area contributed by atoms with Crippen molar-refractivity contribution in [3.8, 4) is 5.75 Å². The van der Waals surface area contributed by atoms with Crippen LogP contribution in [0.25, 0.3) is 0 Å². The van der Waals surface area contributed by atoms with E-state index in [9.17, 15) is 4.79 Å². The molecule has 0 aliphatic heterocycles. The number of nitrogens with two attached hydrogens (primary N) is 1. The second-order valence-electron chi connectivity index (χ2n) is 4.86. The van der Waals surface area contributed by atoms with Crippen LogP contribution in [0.4, 0.5) is 0 Å². The minimum absolute atomic E-state index is 0.297. The average Bonchev–Trinajstić information content (AvgIpc) is 2.13. The normalized spacial score (nSPS) is 11.2. The van der Waals surface area contributed by atoms with Crippen LogP contribution in [0.3, 0.4) is 0 Å².